The molecule has 0 aliphatic carbocycles. The van der Waals surface area contributed by atoms with Crippen molar-refractivity contribution in [2.24, 2.45) is 0 Å². The monoisotopic (exact) mass is 293 g/mol. The van der Waals surface area contributed by atoms with E-state index < -0.39 is 17.7 Å². The molecule has 0 radical (unpaired) electrons. The lowest BCUT2D eigenvalue weighted by atomic mass is 9.96. The molecule has 0 saturated carbocycles. The lowest BCUT2D eigenvalue weighted by Crippen LogP contribution is -2.24. The minimum Gasteiger partial charge on any atom is -0.306 e. The van der Waals surface area contributed by atoms with Crippen molar-refractivity contribution in [2.75, 3.05) is 6.54 Å². The molecule has 2 aromatic rings. The number of rotatable bonds is 5. The van der Waals surface area contributed by atoms with Gasteiger partial charge in [-0.05, 0) is 43.7 Å². The first kappa shape index (κ1) is 15.6. The van der Waals surface area contributed by atoms with Crippen LogP contribution in [0.25, 0.3) is 0 Å². The van der Waals surface area contributed by atoms with Crippen LogP contribution in [-0.4, -0.2) is 6.54 Å². The largest absolute Gasteiger partial charge is 0.306 e. The standard InChI is InChI=1S/C17H18F3N/c1-3-6-21-17(12-8-13(18)10-14(19)9-12)15-7-11(2)4-5-16(15)20/h4-5,7-10,17,21H,3,6H2,1-2H3. The molecule has 0 amide bonds. The summed E-state index contributed by atoms with van der Waals surface area (Å²) in [6, 6.07) is 7.45. The first-order valence-corrected chi connectivity index (χ1v) is 6.96. The Balaban J connectivity index is 2.49. The van der Waals surface area contributed by atoms with Gasteiger partial charge < -0.3 is 5.32 Å². The van der Waals surface area contributed by atoms with Crippen LogP contribution < -0.4 is 5.32 Å². The molecule has 2 rings (SSSR count). The van der Waals surface area contributed by atoms with E-state index in [1.165, 1.54) is 18.2 Å². The van der Waals surface area contributed by atoms with Gasteiger partial charge in [0.1, 0.15) is 17.5 Å². The van der Waals surface area contributed by atoms with Crippen molar-refractivity contribution in [3.05, 3.63) is 70.5 Å². The van der Waals surface area contributed by atoms with E-state index >= 15 is 0 Å². The van der Waals surface area contributed by atoms with Gasteiger partial charge in [-0.3, -0.25) is 0 Å². The molecular weight excluding hydrogens is 275 g/mol. The maximum atomic E-state index is 14.1. The maximum Gasteiger partial charge on any atom is 0.128 e. The lowest BCUT2D eigenvalue weighted by Gasteiger charge is -2.21. The Morgan fingerprint density at radius 1 is 1.00 bits per heavy atom. The summed E-state index contributed by atoms with van der Waals surface area (Å²) < 4.78 is 41.0. The van der Waals surface area contributed by atoms with Crippen LogP contribution in [-0.2, 0) is 0 Å². The zero-order chi connectivity index (χ0) is 15.4. The smallest absolute Gasteiger partial charge is 0.128 e. The minimum atomic E-state index is -0.665. The fraction of sp³-hybridized carbons (Fsp3) is 0.294. The Hall–Kier alpha value is -1.81. The minimum absolute atomic E-state index is 0.380. The van der Waals surface area contributed by atoms with E-state index in [1.807, 2.05) is 13.8 Å². The van der Waals surface area contributed by atoms with Crippen molar-refractivity contribution in [1.82, 2.24) is 5.32 Å². The van der Waals surface area contributed by atoms with Crippen LogP contribution in [0.3, 0.4) is 0 Å². The molecular formula is C17H18F3N. The molecule has 4 heteroatoms. The Kier molecular flexibility index (Phi) is 5.02. The summed E-state index contributed by atoms with van der Waals surface area (Å²) in [6.07, 6.45) is 0.835. The zero-order valence-corrected chi connectivity index (χ0v) is 12.1. The summed E-state index contributed by atoms with van der Waals surface area (Å²) in [5.41, 5.74) is 1.67. The molecule has 0 bridgehead atoms. The molecule has 112 valence electrons. The zero-order valence-electron chi connectivity index (χ0n) is 12.1. The number of halogens is 3. The van der Waals surface area contributed by atoms with Crippen LogP contribution in [0.5, 0.6) is 0 Å². The second-order valence-electron chi connectivity index (χ2n) is 5.11. The number of benzene rings is 2. The predicted molar refractivity (Wildman–Crippen MR) is 77.6 cm³/mol. The molecule has 1 unspecified atom stereocenters. The van der Waals surface area contributed by atoms with Gasteiger partial charge in [-0.2, -0.15) is 0 Å². The summed E-state index contributed by atoms with van der Waals surface area (Å²) in [4.78, 5) is 0. The SMILES string of the molecule is CCCNC(c1cc(F)cc(F)c1)c1cc(C)ccc1F. The molecule has 0 aromatic heterocycles. The van der Waals surface area contributed by atoms with Crippen LogP contribution >= 0.6 is 0 Å². The van der Waals surface area contributed by atoms with E-state index in [-0.39, 0.29) is 5.82 Å². The molecule has 0 aliphatic heterocycles. The van der Waals surface area contributed by atoms with Gasteiger partial charge in [-0.1, -0.05) is 24.6 Å². The van der Waals surface area contributed by atoms with Crippen molar-refractivity contribution in [3.63, 3.8) is 0 Å². The number of aryl methyl sites for hydroxylation is 1. The lowest BCUT2D eigenvalue weighted by molar-refractivity contribution is 0.533. The highest BCUT2D eigenvalue weighted by Gasteiger charge is 2.19. The third-order valence-corrected chi connectivity index (χ3v) is 3.28. The Morgan fingerprint density at radius 2 is 1.67 bits per heavy atom. The van der Waals surface area contributed by atoms with Gasteiger partial charge in [-0.25, -0.2) is 13.2 Å². The van der Waals surface area contributed by atoms with E-state index in [2.05, 4.69) is 5.32 Å². The summed E-state index contributed by atoms with van der Waals surface area (Å²) in [5.74, 6) is -1.72. The van der Waals surface area contributed by atoms with Gasteiger partial charge in [0, 0.05) is 11.6 Å². The van der Waals surface area contributed by atoms with Crippen LogP contribution in [0, 0.1) is 24.4 Å². The van der Waals surface area contributed by atoms with Crippen molar-refractivity contribution in [2.45, 2.75) is 26.3 Å². The topological polar surface area (TPSA) is 12.0 Å². The van der Waals surface area contributed by atoms with Gasteiger partial charge in [0.2, 0.25) is 0 Å². The van der Waals surface area contributed by atoms with Crippen molar-refractivity contribution >= 4 is 0 Å². The van der Waals surface area contributed by atoms with Crippen LogP contribution in [0.1, 0.15) is 36.1 Å². The van der Waals surface area contributed by atoms with Gasteiger partial charge >= 0.3 is 0 Å². The molecule has 0 spiro atoms. The van der Waals surface area contributed by atoms with E-state index in [0.29, 0.717) is 17.7 Å². The third kappa shape index (κ3) is 3.85. The summed E-state index contributed by atoms with van der Waals surface area (Å²) in [6.45, 7) is 4.45. The quantitative estimate of drug-likeness (QED) is 0.855. The average Bonchev–Trinajstić information content (AvgIpc) is 2.42. The molecule has 1 atom stereocenters. The second kappa shape index (κ2) is 6.76. The highest BCUT2D eigenvalue weighted by molar-refractivity contribution is 5.35. The molecule has 21 heavy (non-hydrogen) atoms. The Bertz CT molecular complexity index is 605. The highest BCUT2D eigenvalue weighted by atomic mass is 19.1. The molecule has 0 saturated heterocycles. The van der Waals surface area contributed by atoms with Gasteiger partial charge in [-0.15, -0.1) is 0 Å². The second-order valence-corrected chi connectivity index (χ2v) is 5.11. The van der Waals surface area contributed by atoms with E-state index in [0.717, 1.165) is 18.1 Å². The molecule has 0 heterocycles. The average molecular weight is 293 g/mol. The fourth-order valence-electron chi connectivity index (χ4n) is 2.32. The van der Waals surface area contributed by atoms with Crippen molar-refractivity contribution in [3.8, 4) is 0 Å². The number of nitrogens with one attached hydrogen (secondary N) is 1. The van der Waals surface area contributed by atoms with Crippen molar-refractivity contribution in [1.29, 1.82) is 0 Å². The van der Waals surface area contributed by atoms with Crippen LogP contribution in [0.15, 0.2) is 36.4 Å². The van der Waals surface area contributed by atoms with Crippen LogP contribution in [0.2, 0.25) is 0 Å². The van der Waals surface area contributed by atoms with E-state index in [4.69, 9.17) is 0 Å². The summed E-state index contributed by atoms with van der Waals surface area (Å²) in [5, 5.41) is 3.15. The molecule has 0 aliphatic rings. The Morgan fingerprint density at radius 3 is 2.29 bits per heavy atom. The summed E-state index contributed by atoms with van der Waals surface area (Å²) >= 11 is 0. The van der Waals surface area contributed by atoms with E-state index in [1.54, 1.807) is 12.1 Å². The normalized spacial score (nSPS) is 12.4. The maximum absolute atomic E-state index is 14.1. The number of hydrogen-bond acceptors (Lipinski definition) is 1. The number of hydrogen-bond donors (Lipinski definition) is 1. The van der Waals surface area contributed by atoms with Gasteiger partial charge in [0.05, 0.1) is 6.04 Å². The molecule has 1 N–H and O–H groups in total. The molecule has 2 aromatic carbocycles. The van der Waals surface area contributed by atoms with Crippen LogP contribution in [0.4, 0.5) is 13.2 Å². The molecule has 0 fully saturated rings. The first-order chi connectivity index (χ1) is 10.0. The van der Waals surface area contributed by atoms with Gasteiger partial charge in [0.25, 0.3) is 0 Å². The van der Waals surface area contributed by atoms with E-state index in [9.17, 15) is 13.2 Å². The predicted octanol–water partition coefficient (Wildman–Crippen LogP) is 4.50. The molecule has 1 nitrogen and oxygen atoms in total. The first-order valence-electron chi connectivity index (χ1n) is 6.96. The summed E-state index contributed by atoms with van der Waals surface area (Å²) in [7, 11) is 0. The third-order valence-electron chi connectivity index (χ3n) is 3.28. The highest BCUT2D eigenvalue weighted by Crippen LogP contribution is 2.26. The Labute approximate surface area is 122 Å². The van der Waals surface area contributed by atoms with Crippen molar-refractivity contribution < 1.29 is 13.2 Å². The fourth-order valence-corrected chi connectivity index (χ4v) is 2.32. The van der Waals surface area contributed by atoms with Gasteiger partial charge in [0.15, 0.2) is 0 Å².